The van der Waals surface area contributed by atoms with Gasteiger partial charge < -0.3 is 19.7 Å². The maximum absolute atomic E-state index is 9.59. The molecule has 0 aliphatic rings. The summed E-state index contributed by atoms with van der Waals surface area (Å²) in [6.07, 6.45) is 3.67. The third-order valence-corrected chi connectivity index (χ3v) is 2.82. The molecule has 0 amide bonds. The lowest BCUT2D eigenvalue weighted by molar-refractivity contribution is 0.407. The second-order valence-corrected chi connectivity index (χ2v) is 4.22. The molecular weight excluding hydrogens is 256 g/mol. The normalized spacial score (nSPS) is 10.7. The Hall–Kier alpha value is -2.62. The molecule has 0 spiro atoms. The fraction of sp³-hybridized carbons (Fsp3) is 0.125. The third kappa shape index (κ3) is 3.23. The van der Waals surface area contributed by atoms with Crippen LogP contribution in [0.25, 0.3) is 12.2 Å². The fourth-order valence-electron chi connectivity index (χ4n) is 1.84. The van der Waals surface area contributed by atoms with Crippen molar-refractivity contribution in [2.45, 2.75) is 0 Å². The summed E-state index contributed by atoms with van der Waals surface area (Å²) in [5, 5.41) is 19.0. The molecule has 0 atom stereocenters. The number of phenols is 2. The molecule has 2 N–H and O–H groups in total. The minimum atomic E-state index is 0.140. The first-order chi connectivity index (χ1) is 9.62. The van der Waals surface area contributed by atoms with Crippen LogP contribution in [0, 0.1) is 0 Å². The van der Waals surface area contributed by atoms with E-state index in [9.17, 15) is 10.2 Å². The molecule has 0 bridgehead atoms. The number of rotatable bonds is 4. The maximum Gasteiger partial charge on any atom is 0.129 e. The van der Waals surface area contributed by atoms with Gasteiger partial charge in [-0.3, -0.25) is 0 Å². The van der Waals surface area contributed by atoms with Crippen molar-refractivity contribution in [1.82, 2.24) is 0 Å². The zero-order chi connectivity index (χ0) is 14.5. The monoisotopic (exact) mass is 272 g/mol. The lowest BCUT2D eigenvalue weighted by atomic mass is 10.1. The van der Waals surface area contributed by atoms with Crippen LogP contribution in [0.3, 0.4) is 0 Å². The second kappa shape index (κ2) is 6.02. The molecule has 20 heavy (non-hydrogen) atoms. The molecule has 0 unspecified atom stereocenters. The number of phenolic OH excluding ortho intramolecular Hbond substituents is 2. The van der Waals surface area contributed by atoms with Gasteiger partial charge in [0.25, 0.3) is 0 Å². The van der Waals surface area contributed by atoms with Crippen LogP contribution < -0.4 is 9.47 Å². The van der Waals surface area contributed by atoms with Gasteiger partial charge in [-0.2, -0.15) is 0 Å². The summed E-state index contributed by atoms with van der Waals surface area (Å²) >= 11 is 0. The van der Waals surface area contributed by atoms with Crippen molar-refractivity contribution in [3.63, 3.8) is 0 Å². The van der Waals surface area contributed by atoms with Crippen molar-refractivity contribution in [2.75, 3.05) is 14.2 Å². The van der Waals surface area contributed by atoms with Gasteiger partial charge in [0.05, 0.1) is 14.2 Å². The van der Waals surface area contributed by atoms with Crippen LogP contribution in [0.1, 0.15) is 11.1 Å². The zero-order valence-electron chi connectivity index (χ0n) is 11.3. The lowest BCUT2D eigenvalue weighted by Crippen LogP contribution is -1.86. The highest BCUT2D eigenvalue weighted by molar-refractivity contribution is 5.74. The largest absolute Gasteiger partial charge is 0.508 e. The van der Waals surface area contributed by atoms with Crippen molar-refractivity contribution in [3.05, 3.63) is 47.5 Å². The molecule has 2 rings (SSSR count). The predicted molar refractivity (Wildman–Crippen MR) is 78.2 cm³/mol. The highest BCUT2D eigenvalue weighted by atomic mass is 16.5. The summed E-state index contributed by atoms with van der Waals surface area (Å²) in [4.78, 5) is 0. The Kier molecular flexibility index (Phi) is 4.15. The summed E-state index contributed by atoms with van der Waals surface area (Å²) in [5.74, 6) is 1.45. The first-order valence-electron chi connectivity index (χ1n) is 6.05. The quantitative estimate of drug-likeness (QED) is 0.838. The van der Waals surface area contributed by atoms with E-state index >= 15 is 0 Å². The highest BCUT2D eigenvalue weighted by Crippen LogP contribution is 2.27. The topological polar surface area (TPSA) is 58.9 Å². The smallest absolute Gasteiger partial charge is 0.129 e. The molecule has 104 valence electrons. The van der Waals surface area contributed by atoms with Crippen molar-refractivity contribution in [3.8, 4) is 23.0 Å². The van der Waals surface area contributed by atoms with Gasteiger partial charge in [-0.25, -0.2) is 0 Å². The van der Waals surface area contributed by atoms with Gasteiger partial charge >= 0.3 is 0 Å². The minimum absolute atomic E-state index is 0.140. The molecule has 0 aliphatic heterocycles. The van der Waals surface area contributed by atoms with Crippen molar-refractivity contribution >= 4 is 12.2 Å². The average Bonchev–Trinajstić information content (AvgIpc) is 2.45. The Bertz CT molecular complexity index is 632. The summed E-state index contributed by atoms with van der Waals surface area (Å²) < 4.78 is 10.3. The molecule has 0 fully saturated rings. The third-order valence-electron chi connectivity index (χ3n) is 2.82. The van der Waals surface area contributed by atoms with E-state index in [1.165, 1.54) is 0 Å². The Morgan fingerprint density at radius 2 is 1.65 bits per heavy atom. The standard InChI is InChI=1S/C16H16O4/c1-19-15-8-11(7-14(18)9-15)3-4-12-5-6-13(17)10-16(12)20-2/h3-10,17-18H,1-2H3. The van der Waals surface area contributed by atoms with E-state index in [1.54, 1.807) is 44.6 Å². The summed E-state index contributed by atoms with van der Waals surface area (Å²) in [6, 6.07) is 9.87. The van der Waals surface area contributed by atoms with Gasteiger partial charge in [0.15, 0.2) is 0 Å². The minimum Gasteiger partial charge on any atom is -0.508 e. The Morgan fingerprint density at radius 1 is 0.850 bits per heavy atom. The van der Waals surface area contributed by atoms with Gasteiger partial charge in [0, 0.05) is 17.7 Å². The summed E-state index contributed by atoms with van der Waals surface area (Å²) in [7, 11) is 3.09. The molecule has 0 saturated heterocycles. The molecule has 0 saturated carbocycles. The molecule has 0 heterocycles. The van der Waals surface area contributed by atoms with E-state index in [4.69, 9.17) is 9.47 Å². The van der Waals surface area contributed by atoms with Crippen LogP contribution in [0.5, 0.6) is 23.0 Å². The number of benzene rings is 2. The Labute approximate surface area is 117 Å². The van der Waals surface area contributed by atoms with Crippen LogP contribution in [0.4, 0.5) is 0 Å². The highest BCUT2D eigenvalue weighted by Gasteiger charge is 2.02. The molecule has 4 nitrogen and oxygen atoms in total. The second-order valence-electron chi connectivity index (χ2n) is 4.22. The van der Waals surface area contributed by atoms with E-state index in [-0.39, 0.29) is 11.5 Å². The maximum atomic E-state index is 9.59. The first kappa shape index (κ1) is 13.8. The van der Waals surface area contributed by atoms with Gasteiger partial charge in [-0.05, 0) is 29.8 Å². The number of aromatic hydroxyl groups is 2. The number of hydrogen-bond acceptors (Lipinski definition) is 4. The lowest BCUT2D eigenvalue weighted by Gasteiger charge is -2.05. The molecule has 0 aliphatic carbocycles. The van der Waals surface area contributed by atoms with E-state index < -0.39 is 0 Å². The summed E-state index contributed by atoms with van der Waals surface area (Å²) in [6.45, 7) is 0. The molecule has 2 aromatic carbocycles. The summed E-state index contributed by atoms with van der Waals surface area (Å²) in [5.41, 5.74) is 1.63. The van der Waals surface area contributed by atoms with E-state index in [0.717, 1.165) is 11.1 Å². The van der Waals surface area contributed by atoms with Crippen LogP contribution in [-0.2, 0) is 0 Å². The Balaban J connectivity index is 2.31. The molecule has 0 radical (unpaired) electrons. The van der Waals surface area contributed by atoms with Crippen molar-refractivity contribution in [2.24, 2.45) is 0 Å². The molecule has 2 aromatic rings. The SMILES string of the molecule is COc1cc(O)cc(C=Cc2ccc(O)cc2OC)c1. The predicted octanol–water partition coefficient (Wildman–Crippen LogP) is 3.29. The zero-order valence-corrected chi connectivity index (χ0v) is 11.3. The van der Waals surface area contributed by atoms with E-state index in [2.05, 4.69) is 0 Å². The van der Waals surface area contributed by atoms with Crippen molar-refractivity contribution < 1.29 is 19.7 Å². The van der Waals surface area contributed by atoms with E-state index in [1.807, 2.05) is 18.2 Å². The Morgan fingerprint density at radius 3 is 2.35 bits per heavy atom. The molecule has 0 aromatic heterocycles. The van der Waals surface area contributed by atoms with Crippen LogP contribution in [0.15, 0.2) is 36.4 Å². The molecular formula is C16H16O4. The van der Waals surface area contributed by atoms with E-state index in [0.29, 0.717) is 11.5 Å². The van der Waals surface area contributed by atoms with Gasteiger partial charge in [0.1, 0.15) is 23.0 Å². The van der Waals surface area contributed by atoms with Gasteiger partial charge in [-0.15, -0.1) is 0 Å². The van der Waals surface area contributed by atoms with Gasteiger partial charge in [0.2, 0.25) is 0 Å². The molecule has 4 heteroatoms. The van der Waals surface area contributed by atoms with Crippen LogP contribution in [-0.4, -0.2) is 24.4 Å². The number of methoxy groups -OCH3 is 2. The van der Waals surface area contributed by atoms with Gasteiger partial charge in [-0.1, -0.05) is 12.2 Å². The van der Waals surface area contributed by atoms with Crippen LogP contribution in [0.2, 0.25) is 0 Å². The fourth-order valence-corrected chi connectivity index (χ4v) is 1.84. The van der Waals surface area contributed by atoms with Crippen molar-refractivity contribution in [1.29, 1.82) is 0 Å². The number of hydrogen-bond donors (Lipinski definition) is 2. The number of ether oxygens (including phenoxy) is 2. The van der Waals surface area contributed by atoms with Crippen LogP contribution >= 0.6 is 0 Å². The first-order valence-corrected chi connectivity index (χ1v) is 6.05. The average molecular weight is 272 g/mol.